The van der Waals surface area contributed by atoms with Crippen LogP contribution in [0.3, 0.4) is 0 Å². The molecule has 0 fully saturated rings. The quantitative estimate of drug-likeness (QED) is 0.799. The summed E-state index contributed by atoms with van der Waals surface area (Å²) >= 11 is 0. The molecule has 0 aliphatic rings. The number of nitrogens with two attached hydrogens (primary N) is 2. The van der Waals surface area contributed by atoms with Gasteiger partial charge in [0.05, 0.1) is 11.0 Å². The zero-order valence-corrected chi connectivity index (χ0v) is 11.4. The number of carbonyl (C=O) groups is 1. The molecule has 1 aromatic rings. The molecule has 0 aromatic heterocycles. The molecule has 4 N–H and O–H groups in total. The Hall–Kier alpha value is -1.47. The van der Waals surface area contributed by atoms with Gasteiger partial charge in [-0.25, -0.2) is 12.8 Å². The van der Waals surface area contributed by atoms with E-state index in [2.05, 4.69) is 0 Å². The minimum atomic E-state index is -3.51. The number of sulfone groups is 1. The molecule has 0 saturated carbocycles. The number of primary amides is 1. The van der Waals surface area contributed by atoms with Crippen LogP contribution in [0.5, 0.6) is 0 Å². The van der Waals surface area contributed by atoms with E-state index in [0.717, 1.165) is 6.07 Å². The van der Waals surface area contributed by atoms with Gasteiger partial charge in [-0.05, 0) is 38.1 Å². The molecule has 0 aliphatic carbocycles. The molecule has 19 heavy (non-hydrogen) atoms. The van der Waals surface area contributed by atoms with Crippen molar-refractivity contribution >= 4 is 15.7 Å². The molecule has 1 rings (SSSR count). The van der Waals surface area contributed by atoms with E-state index in [1.54, 1.807) is 0 Å². The predicted molar refractivity (Wildman–Crippen MR) is 70.7 cm³/mol. The number of benzene rings is 1. The third-order valence-corrected chi connectivity index (χ3v) is 5.05. The van der Waals surface area contributed by atoms with Gasteiger partial charge in [0.2, 0.25) is 5.91 Å². The lowest BCUT2D eigenvalue weighted by Crippen LogP contribution is -2.23. The van der Waals surface area contributed by atoms with Gasteiger partial charge in [0.1, 0.15) is 5.82 Å². The molecule has 1 aromatic carbocycles. The van der Waals surface area contributed by atoms with Gasteiger partial charge in [0.15, 0.2) is 9.84 Å². The van der Waals surface area contributed by atoms with Crippen molar-refractivity contribution in [3.8, 4) is 0 Å². The molecule has 5 nitrogen and oxygen atoms in total. The summed E-state index contributed by atoms with van der Waals surface area (Å²) in [6.07, 6.45) is 0.305. The summed E-state index contributed by atoms with van der Waals surface area (Å²) in [6.45, 7) is 1.77. The van der Waals surface area contributed by atoms with Crippen molar-refractivity contribution in [2.75, 3.05) is 6.54 Å². The maximum absolute atomic E-state index is 13.6. The fraction of sp³-hybridized carbons (Fsp3) is 0.417. The molecule has 0 bridgehead atoms. The Labute approximate surface area is 111 Å². The van der Waals surface area contributed by atoms with Gasteiger partial charge < -0.3 is 11.5 Å². The lowest BCUT2D eigenvalue weighted by molar-refractivity contribution is 0.1000. The van der Waals surface area contributed by atoms with Gasteiger partial charge >= 0.3 is 0 Å². The molecule has 0 heterocycles. The number of hydrogen-bond acceptors (Lipinski definition) is 4. The molecule has 106 valence electrons. The molecule has 0 radical (unpaired) electrons. The zero-order valence-electron chi connectivity index (χ0n) is 10.6. The van der Waals surface area contributed by atoms with Crippen molar-refractivity contribution in [2.45, 2.75) is 24.3 Å². The average Bonchev–Trinajstić information content (AvgIpc) is 2.31. The Kier molecular flexibility index (Phi) is 5.02. The van der Waals surface area contributed by atoms with E-state index in [0.29, 0.717) is 6.42 Å². The van der Waals surface area contributed by atoms with E-state index < -0.39 is 32.6 Å². The van der Waals surface area contributed by atoms with Crippen molar-refractivity contribution in [3.05, 3.63) is 35.1 Å². The van der Waals surface area contributed by atoms with Gasteiger partial charge in [-0.3, -0.25) is 4.79 Å². The van der Waals surface area contributed by atoms with Crippen molar-refractivity contribution in [1.29, 1.82) is 0 Å². The lowest BCUT2D eigenvalue weighted by Gasteiger charge is -2.12. The minimum absolute atomic E-state index is 0.0554. The number of rotatable bonds is 6. The van der Waals surface area contributed by atoms with Gasteiger partial charge in [0, 0.05) is 11.1 Å². The fourth-order valence-corrected chi connectivity index (χ4v) is 3.05. The molecule has 1 atom stereocenters. The van der Waals surface area contributed by atoms with Crippen molar-refractivity contribution in [1.82, 2.24) is 0 Å². The van der Waals surface area contributed by atoms with Crippen molar-refractivity contribution < 1.29 is 17.6 Å². The predicted octanol–water partition coefficient (Wildman–Crippen LogP) is 0.577. The molecular formula is C12H17FN2O3S. The highest BCUT2D eigenvalue weighted by Gasteiger charge is 2.22. The van der Waals surface area contributed by atoms with E-state index >= 15 is 0 Å². The van der Waals surface area contributed by atoms with E-state index in [4.69, 9.17) is 11.5 Å². The summed E-state index contributed by atoms with van der Waals surface area (Å²) in [6, 6.07) is 3.43. The van der Waals surface area contributed by atoms with Crippen LogP contribution in [0.2, 0.25) is 0 Å². The second-order valence-electron chi connectivity index (χ2n) is 4.37. The van der Waals surface area contributed by atoms with Crippen LogP contribution in [0, 0.1) is 5.82 Å². The first-order chi connectivity index (χ1) is 8.77. The van der Waals surface area contributed by atoms with E-state index in [1.165, 1.54) is 19.1 Å². The first-order valence-electron chi connectivity index (χ1n) is 5.77. The topological polar surface area (TPSA) is 103 Å². The highest BCUT2D eigenvalue weighted by Crippen LogP contribution is 2.17. The molecule has 7 heteroatoms. The second kappa shape index (κ2) is 6.12. The van der Waals surface area contributed by atoms with Crippen LogP contribution in [0.4, 0.5) is 4.39 Å². The summed E-state index contributed by atoms with van der Waals surface area (Å²) in [5, 5.41) is -0.658. The average molecular weight is 288 g/mol. The third kappa shape index (κ3) is 4.00. The first kappa shape index (κ1) is 15.6. The summed E-state index contributed by atoms with van der Waals surface area (Å²) in [5.41, 5.74) is 10.4. The largest absolute Gasteiger partial charge is 0.366 e. The van der Waals surface area contributed by atoms with Crippen LogP contribution in [-0.2, 0) is 15.6 Å². The minimum Gasteiger partial charge on any atom is -0.366 e. The van der Waals surface area contributed by atoms with Crippen LogP contribution in [0.15, 0.2) is 18.2 Å². The number of halogens is 1. The summed E-state index contributed by atoms with van der Waals surface area (Å²) < 4.78 is 37.5. The number of hydrogen-bond donors (Lipinski definition) is 2. The third-order valence-electron chi connectivity index (χ3n) is 2.87. The second-order valence-corrected chi connectivity index (χ2v) is 6.78. The Bertz CT molecular complexity index is 572. The molecule has 0 aliphatic heterocycles. The summed E-state index contributed by atoms with van der Waals surface area (Å²) in [4.78, 5) is 11.0. The maximum atomic E-state index is 13.6. The van der Waals surface area contributed by atoms with Crippen LogP contribution < -0.4 is 11.5 Å². The highest BCUT2D eigenvalue weighted by molar-refractivity contribution is 7.91. The maximum Gasteiger partial charge on any atom is 0.248 e. The number of amides is 1. The van der Waals surface area contributed by atoms with E-state index in [9.17, 15) is 17.6 Å². The van der Waals surface area contributed by atoms with Gasteiger partial charge in [-0.15, -0.1) is 0 Å². The van der Waals surface area contributed by atoms with Crippen molar-refractivity contribution in [2.24, 2.45) is 11.5 Å². The molecular weight excluding hydrogens is 271 g/mol. The van der Waals surface area contributed by atoms with E-state index in [-0.39, 0.29) is 17.7 Å². The molecule has 1 unspecified atom stereocenters. The van der Waals surface area contributed by atoms with E-state index in [1.807, 2.05) is 0 Å². The molecule has 1 amide bonds. The van der Waals surface area contributed by atoms with Crippen LogP contribution in [0.25, 0.3) is 0 Å². The number of carbonyl (C=O) groups excluding carboxylic acids is 1. The smallest absolute Gasteiger partial charge is 0.248 e. The fourth-order valence-electron chi connectivity index (χ4n) is 1.61. The van der Waals surface area contributed by atoms with Gasteiger partial charge in [0.25, 0.3) is 0 Å². The Morgan fingerprint density at radius 1 is 1.42 bits per heavy atom. The van der Waals surface area contributed by atoms with Crippen LogP contribution in [-0.4, -0.2) is 26.1 Å². The monoisotopic (exact) mass is 288 g/mol. The Balaban J connectivity index is 3.05. The Morgan fingerprint density at radius 3 is 2.58 bits per heavy atom. The SMILES string of the molecule is CC(CCN)S(=O)(=O)Cc1cc(C(N)=O)ccc1F. The molecule has 0 spiro atoms. The standard InChI is InChI=1S/C12H17FN2O3S/c1-8(4-5-14)19(17,18)7-10-6-9(12(15)16)2-3-11(10)13/h2-3,6,8H,4-5,7,14H2,1H3,(H2,15,16). The normalized spacial score (nSPS) is 13.2. The van der Waals surface area contributed by atoms with Gasteiger partial charge in [-0.2, -0.15) is 0 Å². The first-order valence-corrected chi connectivity index (χ1v) is 7.49. The van der Waals surface area contributed by atoms with Crippen molar-refractivity contribution in [3.63, 3.8) is 0 Å². The highest BCUT2D eigenvalue weighted by atomic mass is 32.2. The zero-order chi connectivity index (χ0) is 14.6. The Morgan fingerprint density at radius 2 is 2.05 bits per heavy atom. The molecule has 0 saturated heterocycles. The lowest BCUT2D eigenvalue weighted by atomic mass is 10.1. The summed E-state index contributed by atoms with van der Waals surface area (Å²) in [5.74, 6) is -1.87. The van der Waals surface area contributed by atoms with Crippen LogP contribution >= 0.6 is 0 Å². The summed E-state index contributed by atoms with van der Waals surface area (Å²) in [7, 11) is -3.51. The van der Waals surface area contributed by atoms with Crippen LogP contribution in [0.1, 0.15) is 29.3 Å². The van der Waals surface area contributed by atoms with Gasteiger partial charge in [-0.1, -0.05) is 0 Å².